The maximum absolute atomic E-state index is 13.3. The Morgan fingerprint density at radius 2 is 1.97 bits per heavy atom. The average Bonchev–Trinajstić information content (AvgIpc) is 2.81. The lowest BCUT2D eigenvalue weighted by molar-refractivity contribution is -0.385. The first-order valence-corrected chi connectivity index (χ1v) is 10.6. The van der Waals surface area contributed by atoms with E-state index >= 15 is 0 Å². The summed E-state index contributed by atoms with van der Waals surface area (Å²) < 4.78 is 41.1. The number of alkyl halides is 3. The number of anilines is 1. The van der Waals surface area contributed by atoms with Gasteiger partial charge in [-0.05, 0) is 54.8 Å². The minimum Gasteiger partial charge on any atom is -0.362 e. The third-order valence-electron chi connectivity index (χ3n) is 5.82. The number of halogens is 3. The fraction of sp³-hybridized carbons (Fsp3) is 0.304. The number of nitrogens with one attached hydrogen (secondary N) is 2. The Morgan fingerprint density at radius 1 is 1.21 bits per heavy atom. The van der Waals surface area contributed by atoms with Gasteiger partial charge in [0, 0.05) is 31.1 Å². The molecule has 1 atom stereocenters. The molecule has 0 saturated heterocycles. The Hall–Kier alpha value is -3.73. The normalized spacial score (nSPS) is 15.1. The van der Waals surface area contributed by atoms with Crippen LogP contribution in [0.4, 0.5) is 24.7 Å². The predicted octanol–water partition coefficient (Wildman–Crippen LogP) is 4.41. The lowest BCUT2D eigenvalue weighted by Crippen LogP contribution is -2.23. The minimum atomic E-state index is -4.74. The van der Waals surface area contributed by atoms with Crippen LogP contribution >= 0.6 is 0 Å². The number of nitro benzene ring substituents is 1. The van der Waals surface area contributed by atoms with Gasteiger partial charge in [-0.1, -0.05) is 12.1 Å². The summed E-state index contributed by atoms with van der Waals surface area (Å²) >= 11 is 0. The van der Waals surface area contributed by atoms with E-state index in [1.54, 1.807) is 13.0 Å². The lowest BCUT2D eigenvalue weighted by Gasteiger charge is -2.19. The molecule has 0 aliphatic carbocycles. The monoisotopic (exact) mass is 473 g/mol. The zero-order chi connectivity index (χ0) is 24.6. The highest BCUT2D eigenvalue weighted by atomic mass is 19.4. The number of aryl methyl sites for hydroxylation is 1. The third kappa shape index (κ3) is 4.65. The number of fused-ring (bicyclic) bond motifs is 1. The Kier molecular flexibility index (Phi) is 6.13. The minimum absolute atomic E-state index is 0.0718. The molecule has 0 saturated carbocycles. The van der Waals surface area contributed by atoms with E-state index in [0.29, 0.717) is 22.7 Å². The molecule has 1 unspecified atom stereocenters. The molecule has 0 spiro atoms. The number of non-ortho nitro benzene ring substituents is 1. The highest BCUT2D eigenvalue weighted by Crippen LogP contribution is 2.35. The van der Waals surface area contributed by atoms with Crippen molar-refractivity contribution in [1.82, 2.24) is 15.1 Å². The summed E-state index contributed by atoms with van der Waals surface area (Å²) in [4.78, 5) is 23.0. The Bertz CT molecular complexity index is 1360. The topological polar surface area (TPSA) is 102 Å². The summed E-state index contributed by atoms with van der Waals surface area (Å²) in [7, 11) is 1.48. The Labute approximate surface area is 192 Å². The molecule has 178 valence electrons. The van der Waals surface area contributed by atoms with Gasteiger partial charge in [-0.25, -0.2) is 4.68 Å². The molecule has 8 nitrogen and oxygen atoms in total. The van der Waals surface area contributed by atoms with Crippen molar-refractivity contribution in [3.63, 3.8) is 0 Å². The quantitative estimate of drug-likeness (QED) is 0.421. The Morgan fingerprint density at radius 3 is 2.62 bits per heavy atom. The van der Waals surface area contributed by atoms with E-state index < -0.39 is 28.4 Å². The smallest absolute Gasteiger partial charge is 0.362 e. The second kappa shape index (κ2) is 8.90. The zero-order valence-electron chi connectivity index (χ0n) is 18.4. The highest BCUT2D eigenvalue weighted by molar-refractivity contribution is 5.93. The number of benzene rings is 2. The SMILES string of the molecule is CC(Nc1nn(C)c(=O)c2ccc(C3=CCNCC3)cc12)c1cc([N+](=O)[O-])cc(C(F)(F)F)c1. The van der Waals surface area contributed by atoms with Crippen LogP contribution in [0.3, 0.4) is 0 Å². The van der Waals surface area contributed by atoms with E-state index in [1.807, 2.05) is 12.1 Å². The largest absolute Gasteiger partial charge is 0.416 e. The molecule has 0 bridgehead atoms. The first-order valence-electron chi connectivity index (χ1n) is 10.6. The molecule has 11 heteroatoms. The highest BCUT2D eigenvalue weighted by Gasteiger charge is 2.33. The van der Waals surface area contributed by atoms with E-state index in [9.17, 15) is 28.1 Å². The first-order chi connectivity index (χ1) is 16.0. The molecule has 3 aromatic rings. The number of nitrogens with zero attached hydrogens (tertiary/aromatic N) is 3. The molecule has 34 heavy (non-hydrogen) atoms. The van der Waals surface area contributed by atoms with Crippen molar-refractivity contribution in [1.29, 1.82) is 0 Å². The Balaban J connectivity index is 1.79. The number of rotatable bonds is 5. The maximum Gasteiger partial charge on any atom is 0.416 e. The van der Waals surface area contributed by atoms with Crippen molar-refractivity contribution in [3.8, 4) is 0 Å². The van der Waals surface area contributed by atoms with Gasteiger partial charge in [-0.3, -0.25) is 14.9 Å². The zero-order valence-corrected chi connectivity index (χ0v) is 18.4. The maximum atomic E-state index is 13.3. The molecule has 2 heterocycles. The van der Waals surface area contributed by atoms with Crippen LogP contribution in [0.2, 0.25) is 0 Å². The molecule has 1 aliphatic rings. The molecular weight excluding hydrogens is 451 g/mol. The van der Waals surface area contributed by atoms with Crippen molar-refractivity contribution in [2.24, 2.45) is 7.05 Å². The second-order valence-electron chi connectivity index (χ2n) is 8.16. The van der Waals surface area contributed by atoms with Gasteiger partial charge in [0.15, 0.2) is 5.82 Å². The fourth-order valence-electron chi connectivity index (χ4n) is 3.98. The van der Waals surface area contributed by atoms with Crippen LogP contribution in [0.5, 0.6) is 0 Å². The van der Waals surface area contributed by atoms with Gasteiger partial charge >= 0.3 is 6.18 Å². The van der Waals surface area contributed by atoms with Crippen molar-refractivity contribution in [3.05, 3.63) is 79.6 Å². The summed E-state index contributed by atoms with van der Waals surface area (Å²) in [5.74, 6) is 0.293. The summed E-state index contributed by atoms with van der Waals surface area (Å²) in [6, 6.07) is 7.13. The third-order valence-corrected chi connectivity index (χ3v) is 5.82. The van der Waals surface area contributed by atoms with E-state index in [2.05, 4.69) is 21.8 Å². The standard InChI is InChI=1S/C23H22F3N5O3/c1-13(16-9-17(23(24,25)26)12-18(10-16)31(33)34)28-21-20-11-15(14-5-7-27-8-6-14)3-4-19(20)22(32)30(2)29-21/h3-5,9-13,27H,6-8H2,1-2H3,(H,28,29). The molecule has 0 amide bonds. The van der Waals surface area contributed by atoms with Crippen LogP contribution in [0.1, 0.15) is 36.1 Å². The molecule has 2 N–H and O–H groups in total. The van der Waals surface area contributed by atoms with Crippen LogP contribution in [0.15, 0.2) is 47.3 Å². The number of aromatic nitrogens is 2. The van der Waals surface area contributed by atoms with Gasteiger partial charge in [0.25, 0.3) is 11.2 Å². The molecule has 1 aromatic heterocycles. The van der Waals surface area contributed by atoms with E-state index in [0.717, 1.165) is 47.5 Å². The van der Waals surface area contributed by atoms with Crippen LogP contribution in [0, 0.1) is 10.1 Å². The van der Waals surface area contributed by atoms with Crippen molar-refractivity contribution >= 4 is 27.9 Å². The van der Waals surface area contributed by atoms with E-state index in [1.165, 1.54) is 7.05 Å². The summed E-state index contributed by atoms with van der Waals surface area (Å²) in [6.07, 6.45) is -1.85. The molecule has 0 radical (unpaired) electrons. The van der Waals surface area contributed by atoms with E-state index in [4.69, 9.17) is 0 Å². The fourth-order valence-corrected chi connectivity index (χ4v) is 3.98. The van der Waals surface area contributed by atoms with Gasteiger partial charge in [-0.2, -0.15) is 18.3 Å². The van der Waals surface area contributed by atoms with Gasteiger partial charge in [0.2, 0.25) is 0 Å². The molecular formula is C23H22F3N5O3. The van der Waals surface area contributed by atoms with Crippen molar-refractivity contribution in [2.45, 2.75) is 25.6 Å². The molecule has 1 aliphatic heterocycles. The van der Waals surface area contributed by atoms with Crippen LogP contribution in [-0.2, 0) is 13.2 Å². The van der Waals surface area contributed by atoms with E-state index in [-0.39, 0.29) is 11.1 Å². The van der Waals surface area contributed by atoms with Gasteiger partial charge < -0.3 is 10.6 Å². The number of nitro groups is 1. The van der Waals surface area contributed by atoms with Gasteiger partial charge in [0.1, 0.15) is 0 Å². The van der Waals surface area contributed by atoms with Crippen molar-refractivity contribution < 1.29 is 18.1 Å². The predicted molar refractivity (Wildman–Crippen MR) is 123 cm³/mol. The molecule has 4 rings (SSSR count). The number of hydrogen-bond donors (Lipinski definition) is 2. The van der Waals surface area contributed by atoms with Gasteiger partial charge in [-0.15, -0.1) is 0 Å². The summed E-state index contributed by atoms with van der Waals surface area (Å²) in [5, 5.41) is 22.7. The lowest BCUT2D eigenvalue weighted by atomic mass is 9.97. The van der Waals surface area contributed by atoms with Crippen LogP contribution in [0.25, 0.3) is 16.3 Å². The summed E-state index contributed by atoms with van der Waals surface area (Å²) in [5.41, 5.74) is 0.0419. The summed E-state index contributed by atoms with van der Waals surface area (Å²) in [6.45, 7) is 3.14. The second-order valence-corrected chi connectivity index (χ2v) is 8.16. The molecule has 0 fully saturated rings. The van der Waals surface area contributed by atoms with Crippen LogP contribution in [-0.4, -0.2) is 27.8 Å². The first kappa shape index (κ1) is 23.4. The van der Waals surface area contributed by atoms with Crippen LogP contribution < -0.4 is 16.2 Å². The van der Waals surface area contributed by atoms with Gasteiger partial charge in [0.05, 0.1) is 21.9 Å². The average molecular weight is 473 g/mol. The molecule has 2 aromatic carbocycles. The number of hydrogen-bond acceptors (Lipinski definition) is 6. The van der Waals surface area contributed by atoms with Crippen molar-refractivity contribution in [2.75, 3.05) is 18.4 Å².